The van der Waals surface area contributed by atoms with Gasteiger partial charge in [0.15, 0.2) is 23.9 Å². The van der Waals surface area contributed by atoms with Crippen LogP contribution in [-0.4, -0.2) is 59.4 Å². The predicted molar refractivity (Wildman–Crippen MR) is 116 cm³/mol. The van der Waals surface area contributed by atoms with Crippen LogP contribution in [0.2, 0.25) is 0 Å². The summed E-state index contributed by atoms with van der Waals surface area (Å²) in [6.07, 6.45) is 1.11. The van der Waals surface area contributed by atoms with Gasteiger partial charge in [0.2, 0.25) is 0 Å². The van der Waals surface area contributed by atoms with Crippen LogP contribution >= 0.6 is 0 Å². The predicted octanol–water partition coefficient (Wildman–Crippen LogP) is 2.60. The maximum Gasteiger partial charge on any atom is 0.194 e. The molecule has 0 aliphatic rings. The van der Waals surface area contributed by atoms with Gasteiger partial charge in [-0.05, 0) is 80.8 Å². The van der Waals surface area contributed by atoms with Crippen molar-refractivity contribution < 1.29 is 9.47 Å². The van der Waals surface area contributed by atoms with Gasteiger partial charge in [-0.2, -0.15) is 4.68 Å². The fourth-order valence-corrected chi connectivity index (χ4v) is 3.02. The summed E-state index contributed by atoms with van der Waals surface area (Å²) in [5.74, 6) is 1.97. The molecule has 8 heteroatoms. The Hall–Kier alpha value is -2.97. The van der Waals surface area contributed by atoms with Gasteiger partial charge in [0.25, 0.3) is 0 Å². The zero-order valence-electron chi connectivity index (χ0n) is 18.1. The third-order valence-corrected chi connectivity index (χ3v) is 4.69. The van der Waals surface area contributed by atoms with E-state index in [1.807, 2.05) is 49.4 Å². The number of nitrogens with one attached hydrogen (secondary N) is 1. The highest BCUT2D eigenvalue weighted by molar-refractivity contribution is 5.43. The molecule has 30 heavy (non-hydrogen) atoms. The third-order valence-electron chi connectivity index (χ3n) is 4.69. The van der Waals surface area contributed by atoms with E-state index in [1.165, 1.54) is 5.56 Å². The van der Waals surface area contributed by atoms with Gasteiger partial charge in [-0.1, -0.05) is 23.8 Å². The van der Waals surface area contributed by atoms with Crippen LogP contribution in [0.25, 0.3) is 5.69 Å². The Morgan fingerprint density at radius 2 is 1.87 bits per heavy atom. The first kappa shape index (κ1) is 21.7. The Morgan fingerprint density at radius 3 is 2.60 bits per heavy atom. The van der Waals surface area contributed by atoms with Gasteiger partial charge in [-0.25, -0.2) is 0 Å². The minimum atomic E-state index is 0.235. The molecule has 0 unspecified atom stereocenters. The van der Waals surface area contributed by atoms with Crippen molar-refractivity contribution in [3.8, 4) is 17.2 Å². The quantitative estimate of drug-likeness (QED) is 0.487. The Kier molecular flexibility index (Phi) is 7.75. The van der Waals surface area contributed by atoms with Crippen molar-refractivity contribution in [1.82, 2.24) is 30.4 Å². The van der Waals surface area contributed by atoms with E-state index in [1.54, 1.807) is 11.8 Å². The van der Waals surface area contributed by atoms with Gasteiger partial charge in [0, 0.05) is 6.54 Å². The topological polar surface area (TPSA) is 77.3 Å². The van der Waals surface area contributed by atoms with Crippen molar-refractivity contribution in [1.29, 1.82) is 0 Å². The van der Waals surface area contributed by atoms with Crippen molar-refractivity contribution in [3.05, 3.63) is 59.4 Å². The standard InChI is InChI=1S/C22H30N6O2/c1-17-6-9-19(10-7-17)28-22(24-25-26-28)16-30-20-11-8-18(14-21(20)29-4)15-23-12-5-13-27(2)3/h6-11,14,23H,5,12-13,15-16H2,1-4H3. The lowest BCUT2D eigenvalue weighted by atomic mass is 10.2. The molecule has 1 aromatic heterocycles. The van der Waals surface area contributed by atoms with E-state index in [0.717, 1.165) is 37.3 Å². The highest BCUT2D eigenvalue weighted by Crippen LogP contribution is 2.28. The molecule has 1 heterocycles. The number of benzene rings is 2. The highest BCUT2D eigenvalue weighted by Gasteiger charge is 2.12. The number of aromatic nitrogens is 4. The molecule has 8 nitrogen and oxygen atoms in total. The second-order valence-electron chi connectivity index (χ2n) is 7.45. The molecule has 3 aromatic rings. The van der Waals surface area contributed by atoms with E-state index in [0.29, 0.717) is 17.3 Å². The fraction of sp³-hybridized carbons (Fsp3) is 0.409. The molecule has 0 saturated heterocycles. The van der Waals surface area contributed by atoms with E-state index in [2.05, 4.69) is 39.8 Å². The molecule has 160 valence electrons. The summed E-state index contributed by atoms with van der Waals surface area (Å²) in [6, 6.07) is 14.0. The van der Waals surface area contributed by atoms with E-state index in [4.69, 9.17) is 9.47 Å². The van der Waals surface area contributed by atoms with Gasteiger partial charge in [-0.3, -0.25) is 0 Å². The average Bonchev–Trinajstić information content (AvgIpc) is 3.21. The molecule has 0 atom stereocenters. The summed E-state index contributed by atoms with van der Waals surface area (Å²) in [6.45, 7) is 5.11. The zero-order chi connectivity index (χ0) is 21.3. The van der Waals surface area contributed by atoms with Crippen LogP contribution in [0.5, 0.6) is 11.5 Å². The van der Waals surface area contributed by atoms with E-state index >= 15 is 0 Å². The normalized spacial score (nSPS) is 11.1. The first-order valence-corrected chi connectivity index (χ1v) is 10.1. The molecule has 3 rings (SSSR count). The third kappa shape index (κ3) is 6.01. The molecule has 0 saturated carbocycles. The van der Waals surface area contributed by atoms with Crippen molar-refractivity contribution in [2.75, 3.05) is 34.3 Å². The van der Waals surface area contributed by atoms with Gasteiger partial charge < -0.3 is 19.7 Å². The summed E-state index contributed by atoms with van der Waals surface area (Å²) in [7, 11) is 5.82. The molecule has 0 aliphatic carbocycles. The molecule has 0 aliphatic heterocycles. The lowest BCUT2D eigenvalue weighted by Gasteiger charge is -2.13. The number of ether oxygens (including phenoxy) is 2. The number of aryl methyl sites for hydroxylation is 1. The van der Waals surface area contributed by atoms with Gasteiger partial charge in [0.1, 0.15) is 0 Å². The molecule has 0 fully saturated rings. The Bertz CT molecular complexity index is 924. The summed E-state index contributed by atoms with van der Waals surface area (Å²) in [5.41, 5.74) is 3.22. The van der Waals surface area contributed by atoms with Crippen LogP contribution in [0.15, 0.2) is 42.5 Å². The largest absolute Gasteiger partial charge is 0.493 e. The first-order valence-electron chi connectivity index (χ1n) is 10.1. The zero-order valence-corrected chi connectivity index (χ0v) is 18.1. The molecule has 0 spiro atoms. The monoisotopic (exact) mass is 410 g/mol. The Morgan fingerprint density at radius 1 is 1.07 bits per heavy atom. The van der Waals surface area contributed by atoms with E-state index in [9.17, 15) is 0 Å². The number of hydrogen-bond acceptors (Lipinski definition) is 7. The smallest absolute Gasteiger partial charge is 0.194 e. The van der Waals surface area contributed by atoms with Crippen molar-refractivity contribution in [3.63, 3.8) is 0 Å². The molecule has 0 amide bonds. The molecule has 2 aromatic carbocycles. The Labute approximate surface area is 177 Å². The Balaban J connectivity index is 1.59. The minimum absolute atomic E-state index is 0.235. The minimum Gasteiger partial charge on any atom is -0.493 e. The molecular formula is C22H30N6O2. The van der Waals surface area contributed by atoms with Gasteiger partial charge in [0.05, 0.1) is 12.8 Å². The number of nitrogens with zero attached hydrogens (tertiary/aromatic N) is 5. The van der Waals surface area contributed by atoms with E-state index in [-0.39, 0.29) is 6.61 Å². The summed E-state index contributed by atoms with van der Waals surface area (Å²) in [5, 5.41) is 15.4. The second-order valence-corrected chi connectivity index (χ2v) is 7.45. The molecule has 1 N–H and O–H groups in total. The maximum absolute atomic E-state index is 5.97. The lowest BCUT2D eigenvalue weighted by Crippen LogP contribution is -2.21. The van der Waals surface area contributed by atoms with Crippen molar-refractivity contribution >= 4 is 0 Å². The number of tetrazole rings is 1. The van der Waals surface area contributed by atoms with Gasteiger partial charge in [-0.15, -0.1) is 5.10 Å². The number of methoxy groups -OCH3 is 1. The summed E-state index contributed by atoms with van der Waals surface area (Å²) >= 11 is 0. The molecule has 0 bridgehead atoms. The van der Waals surface area contributed by atoms with Crippen molar-refractivity contribution in [2.24, 2.45) is 0 Å². The molecular weight excluding hydrogens is 380 g/mol. The fourth-order valence-electron chi connectivity index (χ4n) is 3.02. The van der Waals surface area contributed by atoms with Crippen LogP contribution in [0, 0.1) is 6.92 Å². The number of rotatable bonds is 11. The van der Waals surface area contributed by atoms with Crippen LogP contribution in [0.3, 0.4) is 0 Å². The van der Waals surface area contributed by atoms with Gasteiger partial charge >= 0.3 is 0 Å². The highest BCUT2D eigenvalue weighted by atomic mass is 16.5. The average molecular weight is 411 g/mol. The second kappa shape index (κ2) is 10.7. The summed E-state index contributed by atoms with van der Waals surface area (Å²) in [4.78, 5) is 2.19. The van der Waals surface area contributed by atoms with Crippen LogP contribution in [-0.2, 0) is 13.2 Å². The van der Waals surface area contributed by atoms with E-state index < -0.39 is 0 Å². The van der Waals surface area contributed by atoms with Crippen LogP contribution in [0.1, 0.15) is 23.4 Å². The SMILES string of the molecule is COc1cc(CNCCCN(C)C)ccc1OCc1nnnn1-c1ccc(C)cc1. The summed E-state index contributed by atoms with van der Waals surface area (Å²) < 4.78 is 13.2. The van der Waals surface area contributed by atoms with Crippen molar-refractivity contribution in [2.45, 2.75) is 26.5 Å². The molecule has 0 radical (unpaired) electrons. The first-order chi connectivity index (χ1) is 14.6. The van der Waals surface area contributed by atoms with Crippen LogP contribution in [0.4, 0.5) is 0 Å². The maximum atomic E-state index is 5.97. The number of hydrogen-bond donors (Lipinski definition) is 1. The van der Waals surface area contributed by atoms with Crippen LogP contribution < -0.4 is 14.8 Å². The lowest BCUT2D eigenvalue weighted by molar-refractivity contribution is 0.273.